The van der Waals surface area contributed by atoms with Crippen molar-refractivity contribution >= 4 is 11.8 Å². The Morgan fingerprint density at radius 2 is 2.11 bits per heavy atom. The van der Waals surface area contributed by atoms with Crippen molar-refractivity contribution in [1.82, 2.24) is 0 Å². The third-order valence-electron chi connectivity index (χ3n) is 1.28. The maximum Gasteiger partial charge on any atom is 0.0170 e. The van der Waals surface area contributed by atoms with Gasteiger partial charge in [0.2, 0.25) is 0 Å². The molecule has 0 aliphatic carbocycles. The van der Waals surface area contributed by atoms with Gasteiger partial charge in [-0.3, -0.25) is 0 Å². The number of rotatable bonds is 5. The molecule has 0 aromatic heterocycles. The quantitative estimate of drug-likeness (QED) is 0.642. The summed E-state index contributed by atoms with van der Waals surface area (Å²) in [5, 5.41) is 0.708. The van der Waals surface area contributed by atoms with Crippen molar-refractivity contribution in [1.29, 1.82) is 0 Å². The van der Waals surface area contributed by atoms with E-state index in [1.54, 1.807) is 0 Å². The van der Waals surface area contributed by atoms with Gasteiger partial charge in [-0.25, -0.2) is 0 Å². The van der Waals surface area contributed by atoms with Crippen LogP contribution in [-0.2, 0) is 0 Å². The molecule has 0 rings (SSSR count). The predicted molar refractivity (Wildman–Crippen MR) is 45.9 cm³/mol. The van der Waals surface area contributed by atoms with Gasteiger partial charge in [0.15, 0.2) is 0 Å². The summed E-state index contributed by atoms with van der Waals surface area (Å²) in [6, 6.07) is 0. The maximum atomic E-state index is 5.52. The zero-order chi connectivity index (χ0) is 7.11. The minimum Gasteiger partial charge on any atom is -0.329 e. The highest BCUT2D eigenvalue weighted by Gasteiger charge is 2.02. The zero-order valence-corrected chi connectivity index (χ0v) is 7.21. The van der Waals surface area contributed by atoms with Crippen LogP contribution in [-0.4, -0.2) is 17.5 Å². The molecule has 0 spiro atoms. The normalized spacial score (nSPS) is 13.7. The standard InChI is InChI=1S/C7H17NS/c1-3-5-7(6-8)9-4-2/h7H,3-6,8H2,1-2H3. The van der Waals surface area contributed by atoms with Crippen LogP contribution in [0.1, 0.15) is 26.7 Å². The predicted octanol–water partition coefficient (Wildman–Crippen LogP) is 1.87. The van der Waals surface area contributed by atoms with Crippen LogP contribution in [0.5, 0.6) is 0 Å². The Labute approximate surface area is 62.4 Å². The van der Waals surface area contributed by atoms with Gasteiger partial charge < -0.3 is 5.73 Å². The van der Waals surface area contributed by atoms with Gasteiger partial charge in [0.05, 0.1) is 0 Å². The lowest BCUT2D eigenvalue weighted by Crippen LogP contribution is -2.16. The summed E-state index contributed by atoms with van der Waals surface area (Å²) in [6.45, 7) is 5.23. The molecule has 0 fully saturated rings. The first-order chi connectivity index (χ1) is 4.35. The van der Waals surface area contributed by atoms with Crippen molar-refractivity contribution in [3.8, 4) is 0 Å². The lowest BCUT2D eigenvalue weighted by atomic mass is 10.2. The van der Waals surface area contributed by atoms with Crippen LogP contribution in [0.25, 0.3) is 0 Å². The van der Waals surface area contributed by atoms with E-state index in [0.29, 0.717) is 5.25 Å². The van der Waals surface area contributed by atoms with Crippen molar-refractivity contribution in [3.63, 3.8) is 0 Å². The average molecular weight is 147 g/mol. The monoisotopic (exact) mass is 147 g/mol. The SMILES string of the molecule is CCCC(CN)SCC. The molecule has 1 nitrogen and oxygen atoms in total. The van der Waals surface area contributed by atoms with E-state index in [0.717, 1.165) is 6.54 Å². The van der Waals surface area contributed by atoms with Crippen molar-refractivity contribution < 1.29 is 0 Å². The Hall–Kier alpha value is 0.310. The summed E-state index contributed by atoms with van der Waals surface area (Å²) in [4.78, 5) is 0. The first-order valence-electron chi connectivity index (χ1n) is 3.66. The third-order valence-corrected chi connectivity index (χ3v) is 2.51. The van der Waals surface area contributed by atoms with Gasteiger partial charge in [-0.15, -0.1) is 0 Å². The lowest BCUT2D eigenvalue weighted by Gasteiger charge is -2.10. The summed E-state index contributed by atoms with van der Waals surface area (Å²) < 4.78 is 0. The Kier molecular flexibility index (Phi) is 6.65. The van der Waals surface area contributed by atoms with E-state index in [1.165, 1.54) is 18.6 Å². The number of hydrogen-bond donors (Lipinski definition) is 1. The highest BCUT2D eigenvalue weighted by Crippen LogP contribution is 2.13. The smallest absolute Gasteiger partial charge is 0.0170 e. The summed E-state index contributed by atoms with van der Waals surface area (Å²) in [5.41, 5.74) is 5.52. The van der Waals surface area contributed by atoms with E-state index in [2.05, 4.69) is 13.8 Å². The van der Waals surface area contributed by atoms with Gasteiger partial charge in [0.1, 0.15) is 0 Å². The largest absolute Gasteiger partial charge is 0.329 e. The lowest BCUT2D eigenvalue weighted by molar-refractivity contribution is 0.744. The van der Waals surface area contributed by atoms with E-state index in [-0.39, 0.29) is 0 Å². The van der Waals surface area contributed by atoms with Crippen molar-refractivity contribution in [2.75, 3.05) is 12.3 Å². The van der Waals surface area contributed by atoms with Crippen molar-refractivity contribution in [3.05, 3.63) is 0 Å². The Morgan fingerprint density at radius 1 is 1.44 bits per heavy atom. The van der Waals surface area contributed by atoms with E-state index >= 15 is 0 Å². The van der Waals surface area contributed by atoms with E-state index in [1.807, 2.05) is 11.8 Å². The molecule has 0 heterocycles. The van der Waals surface area contributed by atoms with Gasteiger partial charge in [0.25, 0.3) is 0 Å². The molecule has 0 saturated carbocycles. The highest BCUT2D eigenvalue weighted by atomic mass is 32.2. The molecular formula is C7H17NS. The third kappa shape index (κ3) is 4.79. The van der Waals surface area contributed by atoms with Crippen LogP contribution in [0.4, 0.5) is 0 Å². The zero-order valence-electron chi connectivity index (χ0n) is 6.39. The fraction of sp³-hybridized carbons (Fsp3) is 1.00. The Balaban J connectivity index is 3.18. The maximum absolute atomic E-state index is 5.52. The van der Waals surface area contributed by atoms with Crippen LogP contribution >= 0.6 is 11.8 Å². The summed E-state index contributed by atoms with van der Waals surface area (Å²) in [5.74, 6) is 1.20. The molecule has 1 unspecified atom stereocenters. The minimum absolute atomic E-state index is 0.708. The molecule has 0 amide bonds. The molecule has 2 heteroatoms. The van der Waals surface area contributed by atoms with Gasteiger partial charge in [-0.05, 0) is 12.2 Å². The first kappa shape index (κ1) is 9.31. The second kappa shape index (κ2) is 6.43. The van der Waals surface area contributed by atoms with Crippen LogP contribution in [0, 0.1) is 0 Å². The molecule has 0 bridgehead atoms. The van der Waals surface area contributed by atoms with Crippen LogP contribution in [0.15, 0.2) is 0 Å². The highest BCUT2D eigenvalue weighted by molar-refractivity contribution is 7.99. The molecule has 0 saturated heterocycles. The first-order valence-corrected chi connectivity index (χ1v) is 4.71. The average Bonchev–Trinajstić information content (AvgIpc) is 1.88. The molecule has 2 N–H and O–H groups in total. The molecule has 0 aromatic rings. The van der Waals surface area contributed by atoms with Crippen molar-refractivity contribution in [2.24, 2.45) is 5.73 Å². The number of thioether (sulfide) groups is 1. The Morgan fingerprint density at radius 3 is 2.44 bits per heavy atom. The van der Waals surface area contributed by atoms with Crippen LogP contribution in [0.2, 0.25) is 0 Å². The van der Waals surface area contributed by atoms with Gasteiger partial charge in [-0.1, -0.05) is 20.3 Å². The second-order valence-corrected chi connectivity index (χ2v) is 3.68. The minimum atomic E-state index is 0.708. The molecule has 0 radical (unpaired) electrons. The number of hydrogen-bond acceptors (Lipinski definition) is 2. The molecule has 0 aromatic carbocycles. The van der Waals surface area contributed by atoms with Crippen LogP contribution < -0.4 is 5.73 Å². The van der Waals surface area contributed by atoms with Crippen LogP contribution in [0.3, 0.4) is 0 Å². The molecular weight excluding hydrogens is 130 g/mol. The van der Waals surface area contributed by atoms with E-state index in [4.69, 9.17) is 5.73 Å². The van der Waals surface area contributed by atoms with E-state index in [9.17, 15) is 0 Å². The summed E-state index contributed by atoms with van der Waals surface area (Å²) >= 11 is 1.98. The molecule has 0 aliphatic heterocycles. The molecule has 56 valence electrons. The molecule has 0 aliphatic rings. The molecule has 9 heavy (non-hydrogen) atoms. The van der Waals surface area contributed by atoms with E-state index < -0.39 is 0 Å². The van der Waals surface area contributed by atoms with Gasteiger partial charge >= 0.3 is 0 Å². The summed E-state index contributed by atoms with van der Waals surface area (Å²) in [7, 11) is 0. The molecule has 1 atom stereocenters. The van der Waals surface area contributed by atoms with Gasteiger partial charge in [0, 0.05) is 11.8 Å². The fourth-order valence-corrected chi connectivity index (χ4v) is 1.84. The summed E-state index contributed by atoms with van der Waals surface area (Å²) in [6.07, 6.45) is 2.53. The second-order valence-electron chi connectivity index (χ2n) is 2.10. The Bertz CT molecular complexity index is 50.9. The van der Waals surface area contributed by atoms with Gasteiger partial charge in [-0.2, -0.15) is 11.8 Å². The van der Waals surface area contributed by atoms with Crippen molar-refractivity contribution in [2.45, 2.75) is 31.9 Å². The number of nitrogens with two attached hydrogens (primary N) is 1. The fourth-order valence-electron chi connectivity index (χ4n) is 0.827. The topological polar surface area (TPSA) is 26.0 Å².